The summed E-state index contributed by atoms with van der Waals surface area (Å²) < 4.78 is 11.2. The summed E-state index contributed by atoms with van der Waals surface area (Å²) >= 11 is 0. The van der Waals surface area contributed by atoms with Crippen molar-refractivity contribution in [3.63, 3.8) is 0 Å². The third-order valence-electron chi connectivity index (χ3n) is 2.47. The van der Waals surface area contributed by atoms with Gasteiger partial charge in [0.15, 0.2) is 0 Å². The smallest absolute Gasteiger partial charge is 0.156 e. The zero-order chi connectivity index (χ0) is 11.3. The van der Waals surface area contributed by atoms with E-state index >= 15 is 0 Å². The number of benzene rings is 1. The molecular weight excluding hydrogens is 207 g/mol. The molecule has 0 amide bonds. The van der Waals surface area contributed by atoms with Gasteiger partial charge in [-0.05, 0) is 29.0 Å². The second kappa shape index (κ2) is 5.99. The van der Waals surface area contributed by atoms with E-state index in [1.54, 1.807) is 6.07 Å². The first-order valence-corrected chi connectivity index (χ1v) is 6.68. The molecule has 1 aromatic rings. The van der Waals surface area contributed by atoms with Gasteiger partial charge in [0.05, 0.1) is 0 Å². The summed E-state index contributed by atoms with van der Waals surface area (Å²) in [7, 11) is -2.20. The maximum absolute atomic E-state index is 11.2. The van der Waals surface area contributed by atoms with Crippen LogP contribution in [0.4, 0.5) is 0 Å². The molecule has 0 aromatic heterocycles. The first kappa shape index (κ1) is 12.4. The van der Waals surface area contributed by atoms with Gasteiger partial charge < -0.3 is 0 Å². The van der Waals surface area contributed by atoms with Crippen molar-refractivity contribution in [2.24, 2.45) is 0 Å². The lowest BCUT2D eigenvalue weighted by Gasteiger charge is -2.06. The summed E-state index contributed by atoms with van der Waals surface area (Å²) in [5.41, 5.74) is 2.32. The average molecular weight is 225 g/mol. The zero-order valence-corrected chi connectivity index (χ0v) is 10.3. The Morgan fingerprint density at radius 2 is 1.87 bits per heavy atom. The number of hydrogen-bond acceptors (Lipinski definition) is 1. The fraction of sp³-hybridized carbons (Fsp3) is 0.500. The van der Waals surface area contributed by atoms with Gasteiger partial charge in [-0.1, -0.05) is 38.8 Å². The first-order chi connectivity index (χ1) is 7.20. The minimum atomic E-state index is -2.20. The molecule has 82 valence electrons. The van der Waals surface area contributed by atoms with Crippen LogP contribution in [-0.2, 0) is 17.4 Å². The van der Waals surface area contributed by atoms with E-state index in [9.17, 15) is 9.46 Å². The maximum atomic E-state index is 11.2. The Kier molecular flexibility index (Phi) is 4.93. The Morgan fingerprint density at radius 1 is 1.20 bits per heavy atom. The Labute approximate surface area is 92.2 Å². The topological polar surface area (TPSA) is 37.3 Å². The normalized spacial score (nSPS) is 11.5. The van der Waals surface area contributed by atoms with Gasteiger partial charge in [-0.15, -0.1) is 0 Å². The Hall–Kier alpha value is -0.720. The predicted molar refractivity (Wildman–Crippen MR) is 63.9 cm³/mol. The lowest BCUT2D eigenvalue weighted by Crippen LogP contribution is -2.09. The Bertz CT molecular complexity index is 347. The molecule has 0 saturated heterocycles. The van der Waals surface area contributed by atoms with Crippen LogP contribution in [0.2, 0.25) is 0 Å². The number of hydrogen-bond donors (Lipinski definition) is 1. The van der Waals surface area contributed by atoms with Crippen molar-refractivity contribution in [3.05, 3.63) is 29.3 Å². The van der Waals surface area contributed by atoms with E-state index in [4.69, 9.17) is 0 Å². The van der Waals surface area contributed by atoms with Gasteiger partial charge in [-0.25, -0.2) is 0 Å². The van der Waals surface area contributed by atoms with Crippen molar-refractivity contribution < 1.29 is 9.46 Å². The highest BCUT2D eigenvalue weighted by Gasteiger charge is 2.22. The van der Waals surface area contributed by atoms with Crippen LogP contribution < -0.4 is 5.30 Å². The molecule has 2 nitrogen and oxygen atoms in total. The van der Waals surface area contributed by atoms with Crippen LogP contribution in [0.3, 0.4) is 0 Å². The maximum Gasteiger partial charge on any atom is 0.546 e. The molecule has 1 atom stereocenters. The zero-order valence-electron chi connectivity index (χ0n) is 9.36. The minimum absolute atomic E-state index is 0.623. The molecule has 0 aliphatic heterocycles. The van der Waals surface area contributed by atoms with E-state index in [1.807, 2.05) is 6.07 Å². The van der Waals surface area contributed by atoms with Gasteiger partial charge in [0.2, 0.25) is 5.30 Å². The van der Waals surface area contributed by atoms with Gasteiger partial charge in [-0.3, -0.25) is 0 Å². The predicted octanol–water partition coefficient (Wildman–Crippen LogP) is 2.95. The van der Waals surface area contributed by atoms with Crippen molar-refractivity contribution in [3.8, 4) is 0 Å². The molecule has 1 N–H and O–H groups in total. The van der Waals surface area contributed by atoms with Crippen molar-refractivity contribution in [1.82, 2.24) is 0 Å². The van der Waals surface area contributed by atoms with Gasteiger partial charge >= 0.3 is 8.03 Å². The molecule has 1 aromatic carbocycles. The van der Waals surface area contributed by atoms with Crippen LogP contribution in [-0.4, -0.2) is 4.89 Å². The van der Waals surface area contributed by atoms with Crippen LogP contribution in [0.15, 0.2) is 18.2 Å². The van der Waals surface area contributed by atoms with Crippen LogP contribution in [0.1, 0.15) is 37.8 Å². The van der Waals surface area contributed by atoms with Crippen molar-refractivity contribution in [2.75, 3.05) is 0 Å². The Balaban J connectivity index is 3.15. The highest BCUT2D eigenvalue weighted by atomic mass is 31.1. The molecule has 1 unspecified atom stereocenters. The lowest BCUT2D eigenvalue weighted by atomic mass is 10.00. The minimum Gasteiger partial charge on any atom is -0.156 e. The van der Waals surface area contributed by atoms with Crippen molar-refractivity contribution in [1.29, 1.82) is 0 Å². The van der Waals surface area contributed by atoms with E-state index in [0.717, 1.165) is 31.2 Å². The average Bonchev–Trinajstić information content (AvgIpc) is 2.21. The molecule has 3 heteroatoms. The van der Waals surface area contributed by atoms with Crippen LogP contribution in [0, 0.1) is 0 Å². The van der Waals surface area contributed by atoms with Gasteiger partial charge in [-0.2, -0.15) is 4.89 Å². The molecule has 0 radical (unpaired) electrons. The molecule has 0 aliphatic carbocycles. The number of aryl methyl sites for hydroxylation is 1. The van der Waals surface area contributed by atoms with Gasteiger partial charge in [0.25, 0.3) is 0 Å². The molecule has 15 heavy (non-hydrogen) atoms. The molecule has 0 heterocycles. The summed E-state index contributed by atoms with van der Waals surface area (Å²) in [6, 6.07) is 5.71. The van der Waals surface area contributed by atoms with Crippen molar-refractivity contribution >= 4 is 13.3 Å². The van der Waals surface area contributed by atoms with Crippen LogP contribution in [0.25, 0.3) is 0 Å². The van der Waals surface area contributed by atoms with Gasteiger partial charge in [0.1, 0.15) is 0 Å². The fourth-order valence-electron chi connectivity index (χ4n) is 1.84. The molecule has 0 bridgehead atoms. The quantitative estimate of drug-likeness (QED) is 0.782. The second-order valence-electron chi connectivity index (χ2n) is 3.69. The van der Waals surface area contributed by atoms with E-state index in [0.29, 0.717) is 5.30 Å². The SMILES string of the molecule is CCCc1cccc([P+](=O)O)c1CCC. The standard InChI is InChI=1S/C12H17O2P/c1-3-6-10-8-5-9-12(15(13)14)11(10)7-4-2/h5,8-9H,3-4,6-7H2,1-2H3/p+1. The first-order valence-electron chi connectivity index (χ1n) is 5.47. The monoisotopic (exact) mass is 225 g/mol. The lowest BCUT2D eigenvalue weighted by molar-refractivity contribution is 0.513. The molecule has 0 spiro atoms. The van der Waals surface area contributed by atoms with Crippen molar-refractivity contribution in [2.45, 2.75) is 39.5 Å². The molecule has 0 fully saturated rings. The highest BCUT2D eigenvalue weighted by Crippen LogP contribution is 2.21. The van der Waals surface area contributed by atoms with Crippen LogP contribution >= 0.6 is 8.03 Å². The summed E-state index contributed by atoms with van der Waals surface area (Å²) in [4.78, 5) is 9.23. The van der Waals surface area contributed by atoms with E-state index in [2.05, 4.69) is 19.9 Å². The fourth-order valence-corrected chi connectivity index (χ4v) is 2.54. The third-order valence-corrected chi connectivity index (χ3v) is 3.30. The third kappa shape index (κ3) is 3.12. The molecular formula is C12H18O2P+. The van der Waals surface area contributed by atoms with E-state index < -0.39 is 8.03 Å². The number of rotatable bonds is 5. The summed E-state index contributed by atoms with van der Waals surface area (Å²) in [5, 5.41) is 0.623. The molecule has 1 rings (SSSR count). The molecule has 0 aliphatic rings. The highest BCUT2D eigenvalue weighted by molar-refractivity contribution is 7.47. The largest absolute Gasteiger partial charge is 0.546 e. The summed E-state index contributed by atoms with van der Waals surface area (Å²) in [6.45, 7) is 4.22. The second-order valence-corrected chi connectivity index (χ2v) is 4.72. The van der Waals surface area contributed by atoms with Crippen LogP contribution in [0.5, 0.6) is 0 Å². The summed E-state index contributed by atoms with van der Waals surface area (Å²) in [5.74, 6) is 0. The summed E-state index contributed by atoms with van der Waals surface area (Å²) in [6.07, 6.45) is 3.97. The van der Waals surface area contributed by atoms with E-state index in [-0.39, 0.29) is 0 Å². The van der Waals surface area contributed by atoms with E-state index in [1.165, 1.54) is 5.56 Å². The molecule has 0 saturated carbocycles. The Morgan fingerprint density at radius 3 is 2.40 bits per heavy atom. The van der Waals surface area contributed by atoms with Gasteiger partial charge in [0, 0.05) is 5.56 Å².